The lowest BCUT2D eigenvalue weighted by Gasteiger charge is -2.23. The van der Waals surface area contributed by atoms with Gasteiger partial charge in [-0.15, -0.1) is 0 Å². The van der Waals surface area contributed by atoms with Crippen molar-refractivity contribution in [2.45, 2.75) is 37.9 Å². The number of halogens is 3. The van der Waals surface area contributed by atoms with E-state index in [1.807, 2.05) is 0 Å². The molecule has 1 atom stereocenters. The lowest BCUT2D eigenvalue weighted by atomic mass is 10.0. The summed E-state index contributed by atoms with van der Waals surface area (Å²) in [5.41, 5.74) is -0.666. The van der Waals surface area contributed by atoms with Gasteiger partial charge < -0.3 is 10.1 Å². The molecule has 2 nitrogen and oxygen atoms in total. The lowest BCUT2D eigenvalue weighted by molar-refractivity contribution is -0.137. The molecule has 1 fully saturated rings. The quantitative estimate of drug-likeness (QED) is 0.904. The molecule has 1 aliphatic rings. The molecule has 1 aromatic carbocycles. The molecule has 5 heteroatoms. The third-order valence-corrected chi connectivity index (χ3v) is 3.31. The molecule has 0 radical (unpaired) electrons. The molecule has 0 saturated carbocycles. The average molecular weight is 273 g/mol. The van der Waals surface area contributed by atoms with Gasteiger partial charge in [0.05, 0.1) is 12.2 Å². The Hall–Kier alpha value is -1.23. The summed E-state index contributed by atoms with van der Waals surface area (Å²) in [6, 6.07) is 5.46. The molecule has 1 saturated heterocycles. The summed E-state index contributed by atoms with van der Waals surface area (Å²) in [4.78, 5) is 0. The van der Waals surface area contributed by atoms with E-state index in [-0.39, 0.29) is 5.75 Å². The maximum Gasteiger partial charge on any atom is 0.416 e. The van der Waals surface area contributed by atoms with Gasteiger partial charge in [-0.05, 0) is 44.0 Å². The van der Waals surface area contributed by atoms with E-state index in [2.05, 4.69) is 5.32 Å². The molecule has 2 rings (SSSR count). The van der Waals surface area contributed by atoms with Gasteiger partial charge >= 0.3 is 6.18 Å². The molecule has 0 bridgehead atoms. The molecular weight excluding hydrogens is 255 g/mol. The minimum absolute atomic E-state index is 0.283. The van der Waals surface area contributed by atoms with Crippen molar-refractivity contribution >= 4 is 0 Å². The molecule has 1 N–H and O–H groups in total. The molecule has 1 aromatic rings. The predicted molar refractivity (Wildman–Crippen MR) is 67.2 cm³/mol. The first-order valence-electron chi connectivity index (χ1n) is 6.59. The van der Waals surface area contributed by atoms with Crippen LogP contribution in [0.2, 0.25) is 0 Å². The van der Waals surface area contributed by atoms with Crippen molar-refractivity contribution in [1.82, 2.24) is 5.32 Å². The Morgan fingerprint density at radius 3 is 2.79 bits per heavy atom. The van der Waals surface area contributed by atoms with Gasteiger partial charge in [-0.3, -0.25) is 0 Å². The molecule has 1 aliphatic heterocycles. The minimum Gasteiger partial charge on any atom is -0.494 e. The standard InChI is InChI=1S/C14H18F3NO/c15-14(16,17)11-4-3-6-13(10-11)19-9-7-12-5-1-2-8-18-12/h3-4,6,10,12,18H,1-2,5,7-9H2. The van der Waals surface area contributed by atoms with Crippen molar-refractivity contribution < 1.29 is 17.9 Å². The van der Waals surface area contributed by atoms with Crippen molar-refractivity contribution in [3.63, 3.8) is 0 Å². The first kappa shape index (κ1) is 14.2. The Balaban J connectivity index is 1.82. The van der Waals surface area contributed by atoms with E-state index in [4.69, 9.17) is 4.74 Å². The number of hydrogen-bond donors (Lipinski definition) is 1. The average Bonchev–Trinajstić information content (AvgIpc) is 2.39. The van der Waals surface area contributed by atoms with E-state index in [1.165, 1.54) is 18.9 Å². The van der Waals surface area contributed by atoms with E-state index >= 15 is 0 Å². The van der Waals surface area contributed by atoms with Crippen LogP contribution in [0.3, 0.4) is 0 Å². The number of alkyl halides is 3. The zero-order chi connectivity index (χ0) is 13.7. The lowest BCUT2D eigenvalue weighted by Crippen LogP contribution is -2.35. The SMILES string of the molecule is FC(F)(F)c1cccc(OCCC2CCCCN2)c1. The summed E-state index contributed by atoms with van der Waals surface area (Å²) in [5.74, 6) is 0.283. The van der Waals surface area contributed by atoms with Crippen LogP contribution in [0.25, 0.3) is 0 Å². The number of rotatable bonds is 4. The first-order chi connectivity index (χ1) is 9.05. The maximum absolute atomic E-state index is 12.5. The summed E-state index contributed by atoms with van der Waals surface area (Å²) in [7, 11) is 0. The number of nitrogens with one attached hydrogen (secondary N) is 1. The van der Waals surface area contributed by atoms with Crippen molar-refractivity contribution in [3.05, 3.63) is 29.8 Å². The Morgan fingerprint density at radius 1 is 1.26 bits per heavy atom. The van der Waals surface area contributed by atoms with Gasteiger partial charge in [-0.25, -0.2) is 0 Å². The fraction of sp³-hybridized carbons (Fsp3) is 0.571. The summed E-state index contributed by atoms with van der Waals surface area (Å²) < 4.78 is 43.0. The van der Waals surface area contributed by atoms with Crippen LogP contribution >= 0.6 is 0 Å². The van der Waals surface area contributed by atoms with Crippen molar-refractivity contribution in [2.75, 3.05) is 13.2 Å². The van der Waals surface area contributed by atoms with Crippen LogP contribution in [0.5, 0.6) is 5.75 Å². The van der Waals surface area contributed by atoms with Crippen LogP contribution in [-0.2, 0) is 6.18 Å². The second-order valence-electron chi connectivity index (χ2n) is 4.81. The summed E-state index contributed by atoms with van der Waals surface area (Å²) in [6.45, 7) is 1.47. The largest absolute Gasteiger partial charge is 0.494 e. The molecule has 1 heterocycles. The summed E-state index contributed by atoms with van der Waals surface area (Å²) in [5, 5.41) is 3.38. The highest BCUT2D eigenvalue weighted by Crippen LogP contribution is 2.31. The number of piperidine rings is 1. The monoisotopic (exact) mass is 273 g/mol. The summed E-state index contributed by atoms with van der Waals surface area (Å²) in [6.07, 6.45) is 0.0404. The van der Waals surface area contributed by atoms with Gasteiger partial charge in [0.1, 0.15) is 5.75 Å². The first-order valence-corrected chi connectivity index (χ1v) is 6.59. The highest BCUT2D eigenvalue weighted by Gasteiger charge is 2.30. The predicted octanol–water partition coefficient (Wildman–Crippen LogP) is 3.62. The topological polar surface area (TPSA) is 21.3 Å². The van der Waals surface area contributed by atoms with Crippen LogP contribution in [0.15, 0.2) is 24.3 Å². The zero-order valence-electron chi connectivity index (χ0n) is 10.7. The molecule has 0 amide bonds. The Bertz CT molecular complexity index is 400. The fourth-order valence-corrected chi connectivity index (χ4v) is 2.25. The molecule has 0 aromatic heterocycles. The van der Waals surface area contributed by atoms with Crippen LogP contribution in [-0.4, -0.2) is 19.2 Å². The van der Waals surface area contributed by atoms with Gasteiger partial charge in [0, 0.05) is 6.04 Å². The van der Waals surface area contributed by atoms with E-state index < -0.39 is 11.7 Å². The fourth-order valence-electron chi connectivity index (χ4n) is 2.25. The third kappa shape index (κ3) is 4.42. The molecule has 0 spiro atoms. The zero-order valence-corrected chi connectivity index (χ0v) is 10.7. The van der Waals surface area contributed by atoms with Gasteiger partial charge in [-0.1, -0.05) is 12.5 Å². The smallest absolute Gasteiger partial charge is 0.416 e. The van der Waals surface area contributed by atoms with Crippen LogP contribution in [0.1, 0.15) is 31.2 Å². The van der Waals surface area contributed by atoms with Crippen molar-refractivity contribution in [1.29, 1.82) is 0 Å². The molecule has 0 aliphatic carbocycles. The van der Waals surface area contributed by atoms with Crippen LogP contribution in [0.4, 0.5) is 13.2 Å². The van der Waals surface area contributed by atoms with Crippen molar-refractivity contribution in [2.24, 2.45) is 0 Å². The highest BCUT2D eigenvalue weighted by atomic mass is 19.4. The van der Waals surface area contributed by atoms with Gasteiger partial charge in [0.15, 0.2) is 0 Å². The van der Waals surface area contributed by atoms with E-state index in [1.54, 1.807) is 6.07 Å². The second-order valence-corrected chi connectivity index (χ2v) is 4.81. The second kappa shape index (κ2) is 6.28. The van der Waals surface area contributed by atoms with Crippen LogP contribution in [0, 0.1) is 0 Å². The van der Waals surface area contributed by atoms with Crippen molar-refractivity contribution in [3.8, 4) is 5.75 Å². The van der Waals surface area contributed by atoms with Gasteiger partial charge in [0.2, 0.25) is 0 Å². The summed E-state index contributed by atoms with van der Waals surface area (Å²) >= 11 is 0. The number of ether oxygens (including phenoxy) is 1. The number of hydrogen-bond acceptors (Lipinski definition) is 2. The minimum atomic E-state index is -4.32. The van der Waals surface area contributed by atoms with Gasteiger partial charge in [-0.2, -0.15) is 13.2 Å². The molecule has 19 heavy (non-hydrogen) atoms. The maximum atomic E-state index is 12.5. The Labute approximate surface area is 111 Å². The molecule has 1 unspecified atom stereocenters. The third-order valence-electron chi connectivity index (χ3n) is 3.31. The molecule has 106 valence electrons. The molecular formula is C14H18F3NO. The highest BCUT2D eigenvalue weighted by molar-refractivity contribution is 5.30. The Kier molecular flexibility index (Phi) is 4.69. The van der Waals surface area contributed by atoms with Gasteiger partial charge in [0.25, 0.3) is 0 Å². The Morgan fingerprint density at radius 2 is 2.11 bits per heavy atom. The number of benzene rings is 1. The van der Waals surface area contributed by atoms with Crippen LogP contribution < -0.4 is 10.1 Å². The van der Waals surface area contributed by atoms with E-state index in [0.717, 1.165) is 31.5 Å². The normalized spacial score (nSPS) is 20.3. The van der Waals surface area contributed by atoms with E-state index in [0.29, 0.717) is 12.6 Å². The van der Waals surface area contributed by atoms with E-state index in [9.17, 15) is 13.2 Å².